The van der Waals surface area contributed by atoms with Crippen LogP contribution in [0.2, 0.25) is 0 Å². The molecular formula is C27H48O4. The first kappa shape index (κ1) is 26.2. The molecule has 0 aliphatic heterocycles. The largest absolute Gasteiger partial charge is 0.481 e. The summed E-state index contributed by atoms with van der Waals surface area (Å²) in [5, 5.41) is 9.60. The fourth-order valence-corrected chi connectivity index (χ4v) is 6.44. The number of rotatable bonds is 8. The minimum absolute atomic E-state index is 0.243. The zero-order valence-corrected chi connectivity index (χ0v) is 21.2. The van der Waals surface area contributed by atoms with E-state index in [4.69, 9.17) is 4.74 Å². The summed E-state index contributed by atoms with van der Waals surface area (Å²) in [7, 11) is 0. The van der Waals surface area contributed by atoms with Gasteiger partial charge >= 0.3 is 11.9 Å². The molecule has 0 spiro atoms. The number of aliphatic carboxylic acids is 1. The van der Waals surface area contributed by atoms with Crippen molar-refractivity contribution < 1.29 is 19.4 Å². The average Bonchev–Trinajstić information content (AvgIpc) is 2.68. The number of carbonyl (C=O) groups is 2. The first-order valence-electron chi connectivity index (χ1n) is 12.8. The van der Waals surface area contributed by atoms with Crippen LogP contribution in [0.4, 0.5) is 0 Å². The Morgan fingerprint density at radius 3 is 2.32 bits per heavy atom. The first-order valence-corrected chi connectivity index (χ1v) is 12.8. The first-order chi connectivity index (χ1) is 14.4. The van der Waals surface area contributed by atoms with Crippen molar-refractivity contribution in [3.63, 3.8) is 0 Å². The highest BCUT2D eigenvalue weighted by Gasteiger charge is 2.50. The number of hydrogen-bond donors (Lipinski definition) is 1. The van der Waals surface area contributed by atoms with Crippen LogP contribution < -0.4 is 0 Å². The molecular weight excluding hydrogens is 388 g/mol. The molecule has 7 unspecified atom stereocenters. The highest BCUT2D eigenvalue weighted by atomic mass is 16.5. The Kier molecular flexibility index (Phi) is 9.05. The van der Waals surface area contributed by atoms with Gasteiger partial charge in [-0.25, -0.2) is 0 Å². The quantitative estimate of drug-likeness (QED) is 0.330. The summed E-state index contributed by atoms with van der Waals surface area (Å²) >= 11 is 0. The molecule has 1 N–H and O–H groups in total. The Balaban J connectivity index is 2.04. The number of carboxylic acids is 1. The molecule has 180 valence electrons. The third kappa shape index (κ3) is 6.05. The molecule has 0 amide bonds. The van der Waals surface area contributed by atoms with Gasteiger partial charge in [0.25, 0.3) is 0 Å². The lowest BCUT2D eigenvalue weighted by molar-refractivity contribution is -0.163. The third-order valence-electron chi connectivity index (χ3n) is 9.24. The Morgan fingerprint density at radius 1 is 1.06 bits per heavy atom. The van der Waals surface area contributed by atoms with Gasteiger partial charge in [-0.2, -0.15) is 0 Å². The lowest BCUT2D eigenvalue weighted by Crippen LogP contribution is -2.49. The Morgan fingerprint density at radius 2 is 1.74 bits per heavy atom. The van der Waals surface area contributed by atoms with Crippen LogP contribution in [0.1, 0.15) is 106 Å². The Hall–Kier alpha value is -1.06. The predicted octanol–water partition coefficient (Wildman–Crippen LogP) is 6.96. The van der Waals surface area contributed by atoms with Crippen LogP contribution in [-0.2, 0) is 14.3 Å². The minimum Gasteiger partial charge on any atom is -0.481 e. The second kappa shape index (κ2) is 10.7. The average molecular weight is 437 g/mol. The van der Waals surface area contributed by atoms with Gasteiger partial charge in [0.2, 0.25) is 0 Å². The van der Waals surface area contributed by atoms with Crippen molar-refractivity contribution in [2.45, 2.75) is 106 Å². The van der Waals surface area contributed by atoms with Gasteiger partial charge < -0.3 is 9.84 Å². The molecule has 0 saturated heterocycles. The molecule has 0 aromatic heterocycles. The van der Waals surface area contributed by atoms with Crippen LogP contribution in [0.25, 0.3) is 0 Å². The SMILES string of the molecule is CCCCCC1C(C)C(COC(=O)C2CCC(C)CC2C(=O)O)CCC1(C)C(C)(C)C. The summed E-state index contributed by atoms with van der Waals surface area (Å²) in [6.07, 6.45) is 9.40. The maximum absolute atomic E-state index is 12.9. The van der Waals surface area contributed by atoms with E-state index >= 15 is 0 Å². The van der Waals surface area contributed by atoms with Gasteiger partial charge in [0, 0.05) is 0 Å². The van der Waals surface area contributed by atoms with Crippen LogP contribution in [0.15, 0.2) is 0 Å². The molecule has 0 aromatic rings. The van der Waals surface area contributed by atoms with E-state index in [1.165, 1.54) is 32.1 Å². The molecule has 0 bridgehead atoms. The second-order valence-corrected chi connectivity index (χ2v) is 12.0. The van der Waals surface area contributed by atoms with Crippen molar-refractivity contribution in [3.05, 3.63) is 0 Å². The summed E-state index contributed by atoms with van der Waals surface area (Å²) in [4.78, 5) is 24.6. The van der Waals surface area contributed by atoms with Crippen molar-refractivity contribution in [1.82, 2.24) is 0 Å². The molecule has 7 atom stereocenters. The van der Waals surface area contributed by atoms with Crippen LogP contribution in [0, 0.1) is 46.3 Å². The summed E-state index contributed by atoms with van der Waals surface area (Å²) < 4.78 is 5.83. The zero-order chi connectivity index (χ0) is 23.4. The standard InChI is InChI=1S/C27H48O4/c1-8-9-10-11-23-19(3)20(14-15-27(23,7)26(4,5)6)17-31-25(30)21-13-12-18(2)16-22(21)24(28)29/h18-23H,8-17H2,1-7H3,(H,28,29). The summed E-state index contributed by atoms with van der Waals surface area (Å²) in [6.45, 7) is 16.7. The Labute approximate surface area is 190 Å². The van der Waals surface area contributed by atoms with Gasteiger partial charge in [-0.15, -0.1) is 0 Å². The van der Waals surface area contributed by atoms with Crippen molar-refractivity contribution in [2.24, 2.45) is 46.3 Å². The van der Waals surface area contributed by atoms with E-state index in [0.717, 1.165) is 12.8 Å². The van der Waals surface area contributed by atoms with Crippen LogP contribution >= 0.6 is 0 Å². The predicted molar refractivity (Wildman–Crippen MR) is 126 cm³/mol. The highest BCUT2D eigenvalue weighted by Crippen LogP contribution is 2.57. The molecule has 2 aliphatic carbocycles. The molecule has 2 fully saturated rings. The molecule has 0 heterocycles. The normalized spacial score (nSPS) is 36.7. The summed E-state index contributed by atoms with van der Waals surface area (Å²) in [5.74, 6) is -0.337. The fraction of sp³-hybridized carbons (Fsp3) is 0.926. The number of carboxylic acid groups (broad SMARTS) is 1. The summed E-state index contributed by atoms with van der Waals surface area (Å²) in [5.41, 5.74) is 0.530. The van der Waals surface area contributed by atoms with E-state index in [-0.39, 0.29) is 16.8 Å². The molecule has 2 rings (SSSR count). The molecule has 0 radical (unpaired) electrons. The van der Waals surface area contributed by atoms with E-state index in [9.17, 15) is 14.7 Å². The molecule has 4 heteroatoms. The molecule has 0 aromatic carbocycles. The maximum atomic E-state index is 12.9. The smallest absolute Gasteiger partial charge is 0.309 e. The third-order valence-corrected chi connectivity index (χ3v) is 9.24. The van der Waals surface area contributed by atoms with E-state index in [2.05, 4.69) is 48.5 Å². The van der Waals surface area contributed by atoms with Crippen LogP contribution in [0.5, 0.6) is 0 Å². The van der Waals surface area contributed by atoms with Gasteiger partial charge in [0.15, 0.2) is 0 Å². The van der Waals surface area contributed by atoms with Gasteiger partial charge in [-0.1, -0.05) is 67.7 Å². The number of carbonyl (C=O) groups excluding carboxylic acids is 1. The van der Waals surface area contributed by atoms with Crippen molar-refractivity contribution in [3.8, 4) is 0 Å². The van der Waals surface area contributed by atoms with Crippen molar-refractivity contribution >= 4 is 11.9 Å². The van der Waals surface area contributed by atoms with Crippen molar-refractivity contribution in [2.75, 3.05) is 6.61 Å². The van der Waals surface area contributed by atoms with Gasteiger partial charge in [-0.3, -0.25) is 9.59 Å². The number of esters is 1. The highest BCUT2D eigenvalue weighted by molar-refractivity contribution is 5.81. The van der Waals surface area contributed by atoms with E-state index < -0.39 is 17.8 Å². The van der Waals surface area contributed by atoms with Crippen LogP contribution in [0.3, 0.4) is 0 Å². The van der Waals surface area contributed by atoms with Crippen molar-refractivity contribution in [1.29, 1.82) is 0 Å². The Bertz CT molecular complexity index is 607. The lowest BCUT2D eigenvalue weighted by Gasteiger charge is -2.55. The number of ether oxygens (including phenoxy) is 1. The molecule has 31 heavy (non-hydrogen) atoms. The van der Waals surface area contributed by atoms with Gasteiger partial charge in [-0.05, 0) is 73.0 Å². The minimum atomic E-state index is -0.850. The van der Waals surface area contributed by atoms with Gasteiger partial charge in [0.05, 0.1) is 18.4 Å². The van der Waals surface area contributed by atoms with Gasteiger partial charge in [0.1, 0.15) is 0 Å². The monoisotopic (exact) mass is 436 g/mol. The molecule has 2 saturated carbocycles. The molecule has 4 nitrogen and oxygen atoms in total. The fourth-order valence-electron chi connectivity index (χ4n) is 6.44. The van der Waals surface area contributed by atoms with E-state index in [1.807, 2.05) is 0 Å². The molecule has 2 aliphatic rings. The maximum Gasteiger partial charge on any atom is 0.309 e. The van der Waals surface area contributed by atoms with E-state index in [0.29, 0.717) is 43.1 Å². The van der Waals surface area contributed by atoms with E-state index in [1.54, 1.807) is 0 Å². The van der Waals surface area contributed by atoms with Crippen LogP contribution in [-0.4, -0.2) is 23.7 Å². The second-order valence-electron chi connectivity index (χ2n) is 12.0. The lowest BCUT2D eigenvalue weighted by atomic mass is 9.50. The number of unbranched alkanes of at least 4 members (excludes halogenated alkanes) is 2. The summed E-state index contributed by atoms with van der Waals surface area (Å²) in [6, 6.07) is 0. The number of hydrogen-bond acceptors (Lipinski definition) is 3. The zero-order valence-electron chi connectivity index (χ0n) is 21.2. The topological polar surface area (TPSA) is 63.6 Å².